The smallest absolute Gasteiger partial charge is 0.211 e. The van der Waals surface area contributed by atoms with Gasteiger partial charge < -0.3 is 5.32 Å². The van der Waals surface area contributed by atoms with Crippen molar-refractivity contribution in [2.24, 2.45) is 5.92 Å². The van der Waals surface area contributed by atoms with E-state index in [4.69, 9.17) is 0 Å². The highest BCUT2D eigenvalue weighted by Gasteiger charge is 2.22. The van der Waals surface area contributed by atoms with Crippen molar-refractivity contribution in [2.75, 3.05) is 17.6 Å². The van der Waals surface area contributed by atoms with Crippen LogP contribution in [0, 0.1) is 5.92 Å². The summed E-state index contributed by atoms with van der Waals surface area (Å²) in [5.41, 5.74) is 2.34. The monoisotopic (exact) mass is 373 g/mol. The van der Waals surface area contributed by atoms with Crippen molar-refractivity contribution in [3.05, 3.63) is 48.7 Å². The van der Waals surface area contributed by atoms with Gasteiger partial charge in [-0.3, -0.25) is 0 Å². The van der Waals surface area contributed by atoms with E-state index in [1.54, 1.807) is 6.92 Å². The summed E-state index contributed by atoms with van der Waals surface area (Å²) in [5, 5.41) is 3.55. The third kappa shape index (κ3) is 5.29. The molecule has 0 unspecified atom stereocenters. The van der Waals surface area contributed by atoms with E-state index in [1.807, 2.05) is 30.5 Å². The Morgan fingerprint density at radius 2 is 1.77 bits per heavy atom. The molecule has 5 nitrogen and oxygen atoms in total. The first-order chi connectivity index (χ1) is 12.6. The summed E-state index contributed by atoms with van der Waals surface area (Å²) in [5.74, 6) is 1.48. The van der Waals surface area contributed by atoms with Gasteiger partial charge >= 0.3 is 0 Å². The Kier molecular flexibility index (Phi) is 6.27. The Morgan fingerprint density at radius 1 is 1.04 bits per heavy atom. The van der Waals surface area contributed by atoms with Crippen LogP contribution in [-0.4, -0.2) is 31.7 Å². The Labute approximate surface area is 156 Å². The summed E-state index contributed by atoms with van der Waals surface area (Å²) in [6, 6.07) is 14.8. The summed E-state index contributed by atoms with van der Waals surface area (Å²) in [6.07, 6.45) is 5.98. The molecule has 0 radical (unpaired) electrons. The lowest BCUT2D eigenvalue weighted by atomic mass is 9.86. The standard InChI is InChI=1S/C20H27N3O2S/c1-2-26(24,25)22-15-16-8-10-19(11-9-16)23-20-14-18(12-13-21-20)17-6-4-3-5-7-17/h3-7,12-14,16,19,22H,2,8-11,15H2,1H3,(H,21,23)/t16-,19-. The van der Waals surface area contributed by atoms with Crippen molar-refractivity contribution >= 4 is 15.8 Å². The fourth-order valence-corrected chi connectivity index (χ4v) is 4.08. The normalized spacial score (nSPS) is 20.7. The van der Waals surface area contributed by atoms with Gasteiger partial charge in [-0.15, -0.1) is 0 Å². The van der Waals surface area contributed by atoms with Crippen molar-refractivity contribution in [3.8, 4) is 11.1 Å². The Hall–Kier alpha value is -1.92. The Bertz CT molecular complexity index is 801. The SMILES string of the molecule is CCS(=O)(=O)NC[C@H]1CC[C@H](Nc2cc(-c3ccccc3)ccn2)CC1. The van der Waals surface area contributed by atoms with Gasteiger partial charge in [0.05, 0.1) is 5.75 Å². The number of rotatable bonds is 7. The molecule has 1 aliphatic carbocycles. The van der Waals surface area contributed by atoms with Crippen molar-refractivity contribution in [1.82, 2.24) is 9.71 Å². The summed E-state index contributed by atoms with van der Waals surface area (Å²) in [4.78, 5) is 4.45. The zero-order valence-corrected chi connectivity index (χ0v) is 16.0. The van der Waals surface area contributed by atoms with E-state index in [0.717, 1.165) is 37.1 Å². The third-order valence-electron chi connectivity index (χ3n) is 5.04. The summed E-state index contributed by atoms with van der Waals surface area (Å²) in [6.45, 7) is 2.23. The molecule has 0 amide bonds. The zero-order valence-electron chi connectivity index (χ0n) is 15.2. The van der Waals surface area contributed by atoms with Gasteiger partial charge in [0, 0.05) is 18.8 Å². The zero-order chi connectivity index (χ0) is 18.4. The molecule has 1 aliphatic rings. The molecule has 1 saturated carbocycles. The van der Waals surface area contributed by atoms with Crippen LogP contribution in [0.3, 0.4) is 0 Å². The lowest BCUT2D eigenvalue weighted by molar-refractivity contribution is 0.337. The first-order valence-corrected chi connectivity index (χ1v) is 11.0. The average Bonchev–Trinajstić information content (AvgIpc) is 2.68. The molecule has 1 fully saturated rings. The molecular formula is C20H27N3O2S. The first-order valence-electron chi connectivity index (χ1n) is 9.31. The molecule has 1 aromatic heterocycles. The quantitative estimate of drug-likeness (QED) is 0.777. The molecule has 2 N–H and O–H groups in total. The first kappa shape index (κ1) is 18.9. The van der Waals surface area contributed by atoms with Crippen LogP contribution in [-0.2, 0) is 10.0 Å². The molecule has 0 aliphatic heterocycles. The van der Waals surface area contributed by atoms with Crippen LogP contribution in [0.1, 0.15) is 32.6 Å². The number of hydrogen-bond acceptors (Lipinski definition) is 4. The number of pyridine rings is 1. The third-order valence-corrected chi connectivity index (χ3v) is 6.40. The predicted octanol–water partition coefficient (Wildman–Crippen LogP) is 3.66. The van der Waals surface area contributed by atoms with E-state index in [1.165, 1.54) is 5.56 Å². The highest BCUT2D eigenvalue weighted by atomic mass is 32.2. The minimum atomic E-state index is -3.09. The number of anilines is 1. The molecule has 26 heavy (non-hydrogen) atoms. The van der Waals surface area contributed by atoms with E-state index in [-0.39, 0.29) is 5.75 Å². The Morgan fingerprint density at radius 3 is 2.46 bits per heavy atom. The molecule has 1 aromatic carbocycles. The maximum atomic E-state index is 11.6. The lowest BCUT2D eigenvalue weighted by Crippen LogP contribution is -2.34. The fraction of sp³-hybridized carbons (Fsp3) is 0.450. The average molecular weight is 374 g/mol. The highest BCUT2D eigenvalue weighted by molar-refractivity contribution is 7.89. The molecule has 3 rings (SSSR count). The number of hydrogen-bond donors (Lipinski definition) is 2. The van der Waals surface area contributed by atoms with Gasteiger partial charge in [-0.2, -0.15) is 0 Å². The van der Waals surface area contributed by atoms with E-state index >= 15 is 0 Å². The van der Waals surface area contributed by atoms with E-state index < -0.39 is 10.0 Å². The van der Waals surface area contributed by atoms with Gasteiger partial charge in [-0.1, -0.05) is 30.3 Å². The fourth-order valence-electron chi connectivity index (χ4n) is 3.39. The van der Waals surface area contributed by atoms with Gasteiger partial charge in [0.25, 0.3) is 0 Å². The minimum absolute atomic E-state index is 0.146. The molecule has 0 atom stereocenters. The maximum absolute atomic E-state index is 11.6. The summed E-state index contributed by atoms with van der Waals surface area (Å²) >= 11 is 0. The van der Waals surface area contributed by atoms with Crippen LogP contribution in [0.2, 0.25) is 0 Å². The number of aromatic nitrogens is 1. The predicted molar refractivity (Wildman–Crippen MR) is 107 cm³/mol. The van der Waals surface area contributed by atoms with Crippen molar-refractivity contribution < 1.29 is 8.42 Å². The van der Waals surface area contributed by atoms with E-state index in [0.29, 0.717) is 18.5 Å². The summed E-state index contributed by atoms with van der Waals surface area (Å²) in [7, 11) is -3.09. The summed E-state index contributed by atoms with van der Waals surface area (Å²) < 4.78 is 25.8. The second-order valence-corrected chi connectivity index (χ2v) is 9.01. The number of benzene rings is 1. The Balaban J connectivity index is 1.52. The largest absolute Gasteiger partial charge is 0.367 e. The van der Waals surface area contributed by atoms with Gasteiger partial charge in [0.2, 0.25) is 10.0 Å². The molecule has 0 saturated heterocycles. The van der Waals surface area contributed by atoms with Gasteiger partial charge in [0.15, 0.2) is 0 Å². The molecule has 1 heterocycles. The molecule has 0 spiro atoms. The van der Waals surface area contributed by atoms with Gasteiger partial charge in [0.1, 0.15) is 5.82 Å². The van der Waals surface area contributed by atoms with Crippen LogP contribution in [0.4, 0.5) is 5.82 Å². The highest BCUT2D eigenvalue weighted by Crippen LogP contribution is 2.27. The lowest BCUT2D eigenvalue weighted by Gasteiger charge is -2.29. The maximum Gasteiger partial charge on any atom is 0.211 e. The van der Waals surface area contributed by atoms with E-state index in [2.05, 4.69) is 33.2 Å². The topological polar surface area (TPSA) is 71.1 Å². The van der Waals surface area contributed by atoms with Crippen molar-refractivity contribution in [1.29, 1.82) is 0 Å². The molecule has 6 heteroatoms. The number of nitrogens with one attached hydrogen (secondary N) is 2. The van der Waals surface area contributed by atoms with Crippen LogP contribution in [0.15, 0.2) is 48.7 Å². The molecule has 140 valence electrons. The number of sulfonamides is 1. The number of nitrogens with zero attached hydrogens (tertiary/aromatic N) is 1. The van der Waals surface area contributed by atoms with Crippen LogP contribution >= 0.6 is 0 Å². The second-order valence-electron chi connectivity index (χ2n) is 6.91. The second kappa shape index (κ2) is 8.64. The molecule has 2 aromatic rings. The molecule has 0 bridgehead atoms. The van der Waals surface area contributed by atoms with Crippen LogP contribution in [0.25, 0.3) is 11.1 Å². The van der Waals surface area contributed by atoms with Gasteiger partial charge in [-0.05, 0) is 61.8 Å². The van der Waals surface area contributed by atoms with E-state index in [9.17, 15) is 8.42 Å². The van der Waals surface area contributed by atoms with Crippen LogP contribution < -0.4 is 10.0 Å². The van der Waals surface area contributed by atoms with Crippen molar-refractivity contribution in [3.63, 3.8) is 0 Å². The molecular weight excluding hydrogens is 346 g/mol. The minimum Gasteiger partial charge on any atom is -0.367 e. The van der Waals surface area contributed by atoms with Crippen LogP contribution in [0.5, 0.6) is 0 Å². The van der Waals surface area contributed by atoms with Crippen molar-refractivity contribution in [2.45, 2.75) is 38.6 Å². The van der Waals surface area contributed by atoms with Gasteiger partial charge in [-0.25, -0.2) is 18.1 Å².